The van der Waals surface area contributed by atoms with Crippen molar-refractivity contribution in [2.24, 2.45) is 11.7 Å². The van der Waals surface area contributed by atoms with E-state index in [9.17, 15) is 4.79 Å². The molecule has 1 aromatic carbocycles. The fourth-order valence-electron chi connectivity index (χ4n) is 1.96. The Bertz CT molecular complexity index is 388. The van der Waals surface area contributed by atoms with Crippen LogP contribution in [0.15, 0.2) is 24.3 Å². The molecule has 1 aromatic rings. The molecule has 1 amide bonds. The summed E-state index contributed by atoms with van der Waals surface area (Å²) in [6.07, 6.45) is 1.59. The van der Waals surface area contributed by atoms with Crippen LogP contribution in [0.3, 0.4) is 0 Å². The van der Waals surface area contributed by atoms with Crippen molar-refractivity contribution < 1.29 is 4.79 Å². The predicted octanol–water partition coefficient (Wildman–Crippen LogP) is 2.03. The average molecular weight is 248 g/mol. The molecular formula is C15H24N2O. The molecule has 3 heteroatoms. The highest BCUT2D eigenvalue weighted by Crippen LogP contribution is 2.07. The second kappa shape index (κ2) is 7.17. The third-order valence-corrected chi connectivity index (χ3v) is 3.02. The lowest BCUT2D eigenvalue weighted by molar-refractivity contribution is -0.122. The average Bonchev–Trinajstić information content (AvgIpc) is 2.30. The molecule has 0 aliphatic carbocycles. The number of amides is 1. The van der Waals surface area contributed by atoms with Crippen LogP contribution in [0.25, 0.3) is 0 Å². The third-order valence-electron chi connectivity index (χ3n) is 3.02. The molecule has 1 unspecified atom stereocenters. The van der Waals surface area contributed by atoms with Crippen molar-refractivity contribution in [3.05, 3.63) is 35.4 Å². The van der Waals surface area contributed by atoms with Gasteiger partial charge in [-0.25, -0.2) is 0 Å². The Morgan fingerprint density at radius 1 is 1.33 bits per heavy atom. The van der Waals surface area contributed by atoms with Crippen LogP contribution in [-0.4, -0.2) is 18.5 Å². The molecule has 100 valence electrons. The second-order valence-electron chi connectivity index (χ2n) is 5.20. The smallest absolute Gasteiger partial charge is 0.236 e. The van der Waals surface area contributed by atoms with Crippen LogP contribution in [-0.2, 0) is 11.2 Å². The number of nitrogens with one attached hydrogen (secondary N) is 1. The Morgan fingerprint density at radius 3 is 2.61 bits per heavy atom. The van der Waals surface area contributed by atoms with E-state index in [4.69, 9.17) is 5.73 Å². The van der Waals surface area contributed by atoms with Gasteiger partial charge in [-0.1, -0.05) is 38.1 Å². The van der Waals surface area contributed by atoms with Crippen molar-refractivity contribution in [3.8, 4) is 0 Å². The van der Waals surface area contributed by atoms with Gasteiger partial charge in [-0.3, -0.25) is 4.79 Å². The van der Waals surface area contributed by atoms with Crippen LogP contribution in [0.2, 0.25) is 0 Å². The van der Waals surface area contributed by atoms with Gasteiger partial charge in [-0.15, -0.1) is 0 Å². The molecule has 0 saturated heterocycles. The normalized spacial score (nSPS) is 12.5. The van der Waals surface area contributed by atoms with Gasteiger partial charge in [-0.05, 0) is 36.8 Å². The summed E-state index contributed by atoms with van der Waals surface area (Å²) in [6.45, 7) is 6.87. The Labute approximate surface area is 110 Å². The van der Waals surface area contributed by atoms with Crippen molar-refractivity contribution in [3.63, 3.8) is 0 Å². The first kappa shape index (κ1) is 14.7. The lowest BCUT2D eigenvalue weighted by atomic mass is 10.0. The van der Waals surface area contributed by atoms with E-state index in [2.05, 4.69) is 38.2 Å². The maximum atomic E-state index is 11.7. The summed E-state index contributed by atoms with van der Waals surface area (Å²) in [6, 6.07) is 7.84. The van der Waals surface area contributed by atoms with Crippen molar-refractivity contribution in [2.45, 2.75) is 39.7 Å². The van der Waals surface area contributed by atoms with Gasteiger partial charge in [0.1, 0.15) is 0 Å². The van der Waals surface area contributed by atoms with Crippen LogP contribution >= 0.6 is 0 Å². The fraction of sp³-hybridized carbons (Fsp3) is 0.533. The van der Waals surface area contributed by atoms with Crippen molar-refractivity contribution in [1.82, 2.24) is 5.32 Å². The first-order chi connectivity index (χ1) is 8.50. The van der Waals surface area contributed by atoms with Gasteiger partial charge in [0.25, 0.3) is 0 Å². The minimum Gasteiger partial charge on any atom is -0.354 e. The van der Waals surface area contributed by atoms with Crippen LogP contribution in [0.1, 0.15) is 31.4 Å². The summed E-state index contributed by atoms with van der Waals surface area (Å²) in [5, 5.41) is 2.90. The van der Waals surface area contributed by atoms with E-state index in [-0.39, 0.29) is 11.9 Å². The quantitative estimate of drug-likeness (QED) is 0.809. The summed E-state index contributed by atoms with van der Waals surface area (Å²) in [5.41, 5.74) is 8.35. The highest BCUT2D eigenvalue weighted by Gasteiger charge is 2.14. The molecule has 0 aliphatic rings. The zero-order valence-electron chi connectivity index (χ0n) is 11.6. The Hall–Kier alpha value is -1.35. The SMILES string of the molecule is Cc1ccccc1CCNC(=O)C(N)CC(C)C. The van der Waals surface area contributed by atoms with Crippen LogP contribution in [0.4, 0.5) is 0 Å². The van der Waals surface area contributed by atoms with Crippen LogP contribution in [0, 0.1) is 12.8 Å². The first-order valence-corrected chi connectivity index (χ1v) is 6.58. The Morgan fingerprint density at radius 2 is 2.00 bits per heavy atom. The number of benzene rings is 1. The zero-order valence-corrected chi connectivity index (χ0v) is 11.6. The molecule has 0 saturated carbocycles. The van der Waals surface area contributed by atoms with Gasteiger partial charge in [0, 0.05) is 6.54 Å². The molecule has 1 atom stereocenters. The van der Waals surface area contributed by atoms with E-state index in [0.717, 1.165) is 12.8 Å². The second-order valence-corrected chi connectivity index (χ2v) is 5.20. The van der Waals surface area contributed by atoms with E-state index in [1.54, 1.807) is 0 Å². The first-order valence-electron chi connectivity index (χ1n) is 6.58. The van der Waals surface area contributed by atoms with Crippen LogP contribution < -0.4 is 11.1 Å². The van der Waals surface area contributed by atoms with Crippen molar-refractivity contribution in [1.29, 1.82) is 0 Å². The molecule has 0 bridgehead atoms. The standard InChI is InChI=1S/C15H24N2O/c1-11(2)10-14(16)15(18)17-9-8-13-7-5-4-6-12(13)3/h4-7,11,14H,8-10,16H2,1-3H3,(H,17,18). The van der Waals surface area contributed by atoms with Crippen molar-refractivity contribution >= 4 is 5.91 Å². The minimum absolute atomic E-state index is 0.0442. The van der Waals surface area contributed by atoms with E-state index < -0.39 is 0 Å². The molecule has 0 spiro atoms. The summed E-state index contributed by atoms with van der Waals surface area (Å²) >= 11 is 0. The number of hydrogen-bond donors (Lipinski definition) is 2. The van der Waals surface area contributed by atoms with Gasteiger partial charge >= 0.3 is 0 Å². The Kier molecular flexibility index (Phi) is 5.86. The van der Waals surface area contributed by atoms with E-state index >= 15 is 0 Å². The molecule has 0 fully saturated rings. The molecule has 3 nitrogen and oxygen atoms in total. The fourth-order valence-corrected chi connectivity index (χ4v) is 1.96. The topological polar surface area (TPSA) is 55.1 Å². The number of carbonyl (C=O) groups excluding carboxylic acids is 1. The molecule has 0 aromatic heterocycles. The number of aryl methyl sites for hydroxylation is 1. The Balaban J connectivity index is 2.34. The molecule has 1 rings (SSSR count). The van der Waals surface area contributed by atoms with E-state index in [1.807, 2.05) is 12.1 Å². The van der Waals surface area contributed by atoms with Gasteiger partial charge < -0.3 is 11.1 Å². The lowest BCUT2D eigenvalue weighted by Gasteiger charge is -2.14. The number of rotatable bonds is 6. The molecule has 0 radical (unpaired) electrons. The van der Waals surface area contributed by atoms with Gasteiger partial charge in [0.2, 0.25) is 5.91 Å². The molecule has 0 aliphatic heterocycles. The lowest BCUT2D eigenvalue weighted by Crippen LogP contribution is -2.42. The number of carbonyl (C=O) groups is 1. The molecule has 3 N–H and O–H groups in total. The van der Waals surface area contributed by atoms with Gasteiger partial charge in [0.15, 0.2) is 0 Å². The highest BCUT2D eigenvalue weighted by atomic mass is 16.2. The monoisotopic (exact) mass is 248 g/mol. The van der Waals surface area contributed by atoms with Gasteiger partial charge in [-0.2, -0.15) is 0 Å². The summed E-state index contributed by atoms with van der Waals surface area (Å²) < 4.78 is 0. The van der Waals surface area contributed by atoms with E-state index in [0.29, 0.717) is 12.5 Å². The zero-order chi connectivity index (χ0) is 13.5. The van der Waals surface area contributed by atoms with Crippen molar-refractivity contribution in [2.75, 3.05) is 6.54 Å². The number of hydrogen-bond acceptors (Lipinski definition) is 2. The minimum atomic E-state index is -0.387. The summed E-state index contributed by atoms with van der Waals surface area (Å²) in [5.74, 6) is 0.402. The molecule has 0 heterocycles. The van der Waals surface area contributed by atoms with E-state index in [1.165, 1.54) is 11.1 Å². The highest BCUT2D eigenvalue weighted by molar-refractivity contribution is 5.81. The molecule has 18 heavy (non-hydrogen) atoms. The number of nitrogens with two attached hydrogens (primary N) is 1. The third kappa shape index (κ3) is 4.88. The summed E-state index contributed by atoms with van der Waals surface area (Å²) in [4.78, 5) is 11.7. The van der Waals surface area contributed by atoms with Crippen LogP contribution in [0.5, 0.6) is 0 Å². The maximum Gasteiger partial charge on any atom is 0.236 e. The van der Waals surface area contributed by atoms with Gasteiger partial charge in [0.05, 0.1) is 6.04 Å². The predicted molar refractivity (Wildman–Crippen MR) is 75.3 cm³/mol. The molecular weight excluding hydrogens is 224 g/mol. The largest absolute Gasteiger partial charge is 0.354 e. The summed E-state index contributed by atoms with van der Waals surface area (Å²) in [7, 11) is 0. The maximum absolute atomic E-state index is 11.7.